The zero-order chi connectivity index (χ0) is 22.4. The van der Waals surface area contributed by atoms with Crippen LogP contribution in [0.15, 0.2) is 83.8 Å². The van der Waals surface area contributed by atoms with Gasteiger partial charge in [-0.2, -0.15) is 4.72 Å². The minimum atomic E-state index is -3.98. The van der Waals surface area contributed by atoms with Crippen molar-refractivity contribution in [3.8, 4) is 11.1 Å². The third-order valence-electron chi connectivity index (χ3n) is 4.58. The molecule has 0 aliphatic carbocycles. The summed E-state index contributed by atoms with van der Waals surface area (Å²) in [6.07, 6.45) is -0.178. The monoisotopic (exact) mass is 438 g/mol. The molecule has 0 aromatic heterocycles. The maximum atomic E-state index is 13.1. The second kappa shape index (κ2) is 9.76. The van der Waals surface area contributed by atoms with Crippen molar-refractivity contribution in [3.05, 3.63) is 84.4 Å². The van der Waals surface area contributed by atoms with Gasteiger partial charge in [-0.15, -0.1) is 0 Å². The van der Waals surface area contributed by atoms with E-state index in [9.17, 15) is 13.2 Å². The molecule has 0 bridgehead atoms. The number of nitrogens with one attached hydrogen (secondary N) is 1. The van der Waals surface area contributed by atoms with E-state index in [1.807, 2.05) is 48.5 Å². The van der Waals surface area contributed by atoms with Crippen molar-refractivity contribution in [1.29, 1.82) is 0 Å². The molecule has 0 saturated carbocycles. The molecule has 0 amide bonds. The van der Waals surface area contributed by atoms with Crippen LogP contribution in [-0.4, -0.2) is 26.5 Å². The molecular formula is C24H26N2O4S. The van der Waals surface area contributed by atoms with Gasteiger partial charge in [-0.1, -0.05) is 54.6 Å². The van der Waals surface area contributed by atoms with E-state index >= 15 is 0 Å². The first-order chi connectivity index (χ1) is 14.7. The summed E-state index contributed by atoms with van der Waals surface area (Å²) in [5, 5.41) is 0. The van der Waals surface area contributed by atoms with Crippen molar-refractivity contribution < 1.29 is 17.9 Å². The second-order valence-corrected chi connectivity index (χ2v) is 9.22. The summed E-state index contributed by atoms with van der Waals surface area (Å²) in [7, 11) is -3.98. The van der Waals surface area contributed by atoms with E-state index in [-0.39, 0.29) is 17.4 Å². The van der Waals surface area contributed by atoms with Crippen LogP contribution in [0.25, 0.3) is 11.1 Å². The SMILES string of the molecule is CC(C)OC(=O)C(Cc1ccccc1)NS(=O)(=O)c1cccc(-c2cccc(N)c2)c1. The molecule has 0 aliphatic heterocycles. The predicted molar refractivity (Wildman–Crippen MR) is 122 cm³/mol. The normalized spacial score (nSPS) is 12.5. The molecule has 3 N–H and O–H groups in total. The molecule has 0 saturated heterocycles. The standard InChI is InChI=1S/C24H26N2O4S/c1-17(2)30-24(27)23(14-18-8-4-3-5-9-18)26-31(28,29)22-13-7-11-20(16-22)19-10-6-12-21(25)15-19/h3-13,15-17,23,26H,14,25H2,1-2H3. The fourth-order valence-electron chi connectivity index (χ4n) is 3.15. The van der Waals surface area contributed by atoms with Crippen LogP contribution < -0.4 is 10.5 Å². The summed E-state index contributed by atoms with van der Waals surface area (Å²) in [6.45, 7) is 3.45. The zero-order valence-corrected chi connectivity index (χ0v) is 18.3. The van der Waals surface area contributed by atoms with Gasteiger partial charge in [0.05, 0.1) is 11.0 Å². The molecule has 1 atom stereocenters. The van der Waals surface area contributed by atoms with Crippen LogP contribution in [0.4, 0.5) is 5.69 Å². The van der Waals surface area contributed by atoms with E-state index in [1.54, 1.807) is 38.1 Å². The molecule has 3 aromatic rings. The van der Waals surface area contributed by atoms with Gasteiger partial charge in [0, 0.05) is 5.69 Å². The van der Waals surface area contributed by atoms with E-state index in [1.165, 1.54) is 6.07 Å². The van der Waals surface area contributed by atoms with Gasteiger partial charge in [-0.25, -0.2) is 8.42 Å². The molecule has 162 valence electrons. The average molecular weight is 439 g/mol. The van der Waals surface area contributed by atoms with Crippen molar-refractivity contribution in [1.82, 2.24) is 4.72 Å². The third-order valence-corrected chi connectivity index (χ3v) is 6.05. The molecule has 6 nitrogen and oxygen atoms in total. The number of nitrogens with two attached hydrogens (primary N) is 1. The lowest BCUT2D eigenvalue weighted by Crippen LogP contribution is -2.44. The molecule has 0 aliphatic rings. The predicted octanol–water partition coefficient (Wildman–Crippen LogP) is 3.78. The summed E-state index contributed by atoms with van der Waals surface area (Å²) in [4.78, 5) is 12.7. The van der Waals surface area contributed by atoms with Crippen LogP contribution in [-0.2, 0) is 26.0 Å². The highest BCUT2D eigenvalue weighted by Crippen LogP contribution is 2.24. The van der Waals surface area contributed by atoms with Crippen molar-refractivity contribution >= 4 is 21.7 Å². The number of rotatable bonds is 8. The number of carbonyl (C=O) groups excluding carboxylic acids is 1. The Kier molecular flexibility index (Phi) is 7.09. The lowest BCUT2D eigenvalue weighted by atomic mass is 10.1. The summed E-state index contributed by atoms with van der Waals surface area (Å²) in [5.41, 5.74) is 8.77. The number of hydrogen-bond donors (Lipinski definition) is 2. The van der Waals surface area contributed by atoms with Gasteiger partial charge in [0.15, 0.2) is 0 Å². The van der Waals surface area contributed by atoms with Gasteiger partial charge >= 0.3 is 5.97 Å². The number of sulfonamides is 1. The summed E-state index contributed by atoms with van der Waals surface area (Å²) < 4.78 is 34.1. The smallest absolute Gasteiger partial charge is 0.324 e. The van der Waals surface area contributed by atoms with Gasteiger partial charge < -0.3 is 10.5 Å². The van der Waals surface area contributed by atoms with Gasteiger partial charge in [-0.05, 0) is 61.2 Å². The van der Waals surface area contributed by atoms with E-state index in [0.717, 1.165) is 11.1 Å². The quantitative estimate of drug-likeness (QED) is 0.412. The minimum Gasteiger partial charge on any atom is -0.462 e. The lowest BCUT2D eigenvalue weighted by molar-refractivity contribution is -0.149. The second-order valence-electron chi connectivity index (χ2n) is 7.50. The van der Waals surface area contributed by atoms with Crippen molar-refractivity contribution in [2.24, 2.45) is 0 Å². The first-order valence-corrected chi connectivity index (χ1v) is 11.5. The number of benzene rings is 3. The van der Waals surface area contributed by atoms with E-state index in [4.69, 9.17) is 10.5 Å². The van der Waals surface area contributed by atoms with Gasteiger partial charge in [-0.3, -0.25) is 4.79 Å². The van der Waals surface area contributed by atoms with Crippen LogP contribution in [0.1, 0.15) is 19.4 Å². The Morgan fingerprint density at radius 2 is 1.58 bits per heavy atom. The molecule has 31 heavy (non-hydrogen) atoms. The Labute approximate surface area is 183 Å². The van der Waals surface area contributed by atoms with E-state index in [2.05, 4.69) is 4.72 Å². The summed E-state index contributed by atoms with van der Waals surface area (Å²) >= 11 is 0. The maximum Gasteiger partial charge on any atom is 0.324 e. The molecule has 0 heterocycles. The Morgan fingerprint density at radius 1 is 0.935 bits per heavy atom. The number of carbonyl (C=O) groups is 1. The maximum absolute atomic E-state index is 13.1. The van der Waals surface area contributed by atoms with Crippen LogP contribution >= 0.6 is 0 Å². The molecule has 0 fully saturated rings. The minimum absolute atomic E-state index is 0.0582. The summed E-state index contributed by atoms with van der Waals surface area (Å²) in [5.74, 6) is -0.616. The van der Waals surface area contributed by atoms with Gasteiger partial charge in [0.2, 0.25) is 10.0 Å². The van der Waals surface area contributed by atoms with Crippen molar-refractivity contribution in [3.63, 3.8) is 0 Å². The molecule has 0 spiro atoms. The molecule has 3 aromatic carbocycles. The fourth-order valence-corrected chi connectivity index (χ4v) is 4.38. The van der Waals surface area contributed by atoms with Crippen LogP contribution in [0.2, 0.25) is 0 Å². The number of anilines is 1. The largest absolute Gasteiger partial charge is 0.462 e. The Hall–Kier alpha value is -3.16. The van der Waals surface area contributed by atoms with Gasteiger partial charge in [0.25, 0.3) is 0 Å². The van der Waals surface area contributed by atoms with Crippen LogP contribution in [0.3, 0.4) is 0 Å². The molecule has 3 rings (SSSR count). The number of hydrogen-bond acceptors (Lipinski definition) is 5. The van der Waals surface area contributed by atoms with E-state index in [0.29, 0.717) is 11.3 Å². The Bertz CT molecular complexity index is 1150. The number of ether oxygens (including phenoxy) is 1. The highest BCUT2D eigenvalue weighted by atomic mass is 32.2. The first-order valence-electron chi connectivity index (χ1n) is 9.97. The summed E-state index contributed by atoms with van der Waals surface area (Å²) in [6, 6.07) is 21.9. The highest BCUT2D eigenvalue weighted by Gasteiger charge is 2.28. The molecule has 7 heteroatoms. The van der Waals surface area contributed by atoms with Crippen molar-refractivity contribution in [2.75, 3.05) is 5.73 Å². The molecule has 0 radical (unpaired) electrons. The average Bonchev–Trinajstić information content (AvgIpc) is 2.73. The third kappa shape index (κ3) is 6.16. The van der Waals surface area contributed by atoms with Gasteiger partial charge in [0.1, 0.15) is 6.04 Å². The number of esters is 1. The Balaban J connectivity index is 1.89. The molecular weight excluding hydrogens is 412 g/mol. The van der Waals surface area contributed by atoms with Crippen molar-refractivity contribution in [2.45, 2.75) is 37.3 Å². The fraction of sp³-hybridized carbons (Fsp3) is 0.208. The van der Waals surface area contributed by atoms with Crippen LogP contribution in [0.5, 0.6) is 0 Å². The van der Waals surface area contributed by atoms with E-state index < -0.39 is 22.0 Å². The first kappa shape index (κ1) is 22.5. The zero-order valence-electron chi connectivity index (χ0n) is 17.5. The lowest BCUT2D eigenvalue weighted by Gasteiger charge is -2.19. The Morgan fingerprint density at radius 3 is 2.23 bits per heavy atom. The topological polar surface area (TPSA) is 98.5 Å². The molecule has 1 unspecified atom stereocenters. The highest BCUT2D eigenvalue weighted by molar-refractivity contribution is 7.89. The number of nitrogen functional groups attached to an aromatic ring is 1. The van der Waals surface area contributed by atoms with Crippen LogP contribution in [0, 0.1) is 0 Å².